The van der Waals surface area contributed by atoms with Gasteiger partial charge in [-0.15, -0.1) is 0 Å². The molecule has 0 amide bonds. The van der Waals surface area contributed by atoms with Gasteiger partial charge in [-0.3, -0.25) is 9.48 Å². The van der Waals surface area contributed by atoms with Crippen LogP contribution < -0.4 is 0 Å². The number of ketones is 1. The number of hydrogen-bond donors (Lipinski definition) is 0. The molecular formula is C14H22N2O2. The summed E-state index contributed by atoms with van der Waals surface area (Å²) in [7, 11) is 1.65. The first-order chi connectivity index (χ1) is 8.57. The number of nitrogens with zero attached hydrogens (tertiary/aromatic N) is 2. The van der Waals surface area contributed by atoms with Gasteiger partial charge in [0, 0.05) is 19.3 Å². The molecule has 1 saturated carbocycles. The molecule has 1 aromatic rings. The summed E-state index contributed by atoms with van der Waals surface area (Å²) in [6.07, 6.45) is 6.19. The van der Waals surface area contributed by atoms with Crippen molar-refractivity contribution in [2.24, 2.45) is 0 Å². The van der Waals surface area contributed by atoms with E-state index in [1.807, 2.05) is 16.9 Å². The topological polar surface area (TPSA) is 44.1 Å². The predicted octanol–water partition coefficient (Wildman–Crippen LogP) is 2.53. The maximum Gasteiger partial charge on any atom is 0.170 e. The summed E-state index contributed by atoms with van der Waals surface area (Å²) in [5.41, 5.74) is 0.304. The highest BCUT2D eigenvalue weighted by Gasteiger charge is 2.40. The van der Waals surface area contributed by atoms with E-state index in [1.54, 1.807) is 7.11 Å². The van der Waals surface area contributed by atoms with E-state index in [-0.39, 0.29) is 5.78 Å². The van der Waals surface area contributed by atoms with Crippen molar-refractivity contribution in [1.29, 1.82) is 0 Å². The van der Waals surface area contributed by atoms with Crippen LogP contribution in [0.1, 0.15) is 51.3 Å². The summed E-state index contributed by atoms with van der Waals surface area (Å²) in [4.78, 5) is 12.4. The molecule has 1 aliphatic rings. The molecule has 2 rings (SSSR count). The number of Topliss-reactive ketones (excluding diaryl/α,β-unsaturated/α-hetero) is 1. The Hall–Kier alpha value is -1.16. The van der Waals surface area contributed by atoms with Crippen molar-refractivity contribution in [3.05, 3.63) is 18.0 Å². The van der Waals surface area contributed by atoms with Crippen LogP contribution in [0.3, 0.4) is 0 Å². The van der Waals surface area contributed by atoms with E-state index in [2.05, 4.69) is 18.9 Å². The fourth-order valence-corrected chi connectivity index (χ4v) is 2.63. The highest BCUT2D eigenvalue weighted by atomic mass is 16.5. The number of carbonyl (C=O) groups is 1. The molecule has 1 aromatic heterocycles. The maximum atomic E-state index is 12.4. The van der Waals surface area contributed by atoms with E-state index in [0.29, 0.717) is 12.5 Å². The van der Waals surface area contributed by atoms with Gasteiger partial charge in [0.1, 0.15) is 5.60 Å². The molecule has 0 aliphatic heterocycles. The minimum atomic E-state index is -0.540. The SMILES string of the molecule is COC1(C(=O)Cc2ccn(C(C)C)n2)CCCC1. The Morgan fingerprint density at radius 2 is 2.17 bits per heavy atom. The summed E-state index contributed by atoms with van der Waals surface area (Å²) in [6.45, 7) is 4.15. The van der Waals surface area contributed by atoms with Crippen LogP contribution in [-0.4, -0.2) is 28.3 Å². The third kappa shape index (κ3) is 2.48. The van der Waals surface area contributed by atoms with Crippen molar-refractivity contribution in [2.75, 3.05) is 7.11 Å². The lowest BCUT2D eigenvalue weighted by Crippen LogP contribution is -2.39. The summed E-state index contributed by atoms with van der Waals surface area (Å²) in [5.74, 6) is 0.177. The second-order valence-electron chi connectivity index (χ2n) is 5.39. The Labute approximate surface area is 108 Å². The highest BCUT2D eigenvalue weighted by molar-refractivity contribution is 5.89. The van der Waals surface area contributed by atoms with E-state index in [9.17, 15) is 4.79 Å². The largest absolute Gasteiger partial charge is 0.370 e. The van der Waals surface area contributed by atoms with Gasteiger partial charge >= 0.3 is 0 Å². The monoisotopic (exact) mass is 250 g/mol. The van der Waals surface area contributed by atoms with Gasteiger partial charge < -0.3 is 4.74 Å². The number of methoxy groups -OCH3 is 1. The zero-order chi connectivity index (χ0) is 13.2. The number of carbonyl (C=O) groups excluding carboxylic acids is 1. The molecule has 1 heterocycles. The van der Waals surface area contributed by atoms with Gasteiger partial charge in [-0.25, -0.2) is 0 Å². The molecule has 0 saturated heterocycles. The molecule has 100 valence electrons. The predicted molar refractivity (Wildman–Crippen MR) is 69.5 cm³/mol. The first-order valence-corrected chi connectivity index (χ1v) is 6.70. The molecule has 4 heteroatoms. The summed E-state index contributed by atoms with van der Waals surface area (Å²) in [5, 5.41) is 4.43. The Kier molecular flexibility index (Phi) is 3.85. The van der Waals surface area contributed by atoms with E-state index >= 15 is 0 Å². The smallest absolute Gasteiger partial charge is 0.170 e. The molecule has 0 aromatic carbocycles. The summed E-state index contributed by atoms with van der Waals surface area (Å²) >= 11 is 0. The third-order valence-corrected chi connectivity index (χ3v) is 3.84. The second kappa shape index (κ2) is 5.22. The van der Waals surface area contributed by atoms with Crippen LogP contribution in [0, 0.1) is 0 Å². The Morgan fingerprint density at radius 3 is 2.67 bits per heavy atom. The van der Waals surface area contributed by atoms with E-state index in [4.69, 9.17) is 4.74 Å². The fourth-order valence-electron chi connectivity index (χ4n) is 2.63. The molecule has 1 fully saturated rings. The van der Waals surface area contributed by atoms with Crippen molar-refractivity contribution in [3.63, 3.8) is 0 Å². The van der Waals surface area contributed by atoms with Crippen LogP contribution in [-0.2, 0) is 16.0 Å². The van der Waals surface area contributed by atoms with Crippen molar-refractivity contribution >= 4 is 5.78 Å². The quantitative estimate of drug-likeness (QED) is 0.806. The number of ether oxygens (including phenoxy) is 1. The molecule has 0 spiro atoms. The zero-order valence-corrected chi connectivity index (χ0v) is 11.5. The molecule has 0 unspecified atom stereocenters. The molecule has 4 nitrogen and oxygen atoms in total. The number of rotatable bonds is 5. The van der Waals surface area contributed by atoms with Gasteiger partial charge in [0.25, 0.3) is 0 Å². The molecular weight excluding hydrogens is 228 g/mol. The lowest BCUT2D eigenvalue weighted by atomic mass is 9.93. The standard InChI is InChI=1S/C14H22N2O2/c1-11(2)16-9-6-12(15-16)10-13(17)14(18-3)7-4-5-8-14/h6,9,11H,4-5,7-8,10H2,1-3H3. The van der Waals surface area contributed by atoms with Crippen LogP contribution in [0.2, 0.25) is 0 Å². The highest BCUT2D eigenvalue weighted by Crippen LogP contribution is 2.34. The first-order valence-electron chi connectivity index (χ1n) is 6.70. The van der Waals surface area contributed by atoms with Gasteiger partial charge in [0.05, 0.1) is 12.1 Å². The minimum absolute atomic E-state index is 0.177. The lowest BCUT2D eigenvalue weighted by Gasteiger charge is -2.25. The van der Waals surface area contributed by atoms with Crippen molar-refractivity contribution in [2.45, 2.75) is 57.6 Å². The molecule has 1 aliphatic carbocycles. The van der Waals surface area contributed by atoms with Crippen molar-refractivity contribution in [1.82, 2.24) is 9.78 Å². The van der Waals surface area contributed by atoms with Crippen LogP contribution >= 0.6 is 0 Å². The second-order valence-corrected chi connectivity index (χ2v) is 5.39. The molecule has 0 bridgehead atoms. The normalized spacial score (nSPS) is 18.4. The van der Waals surface area contributed by atoms with Crippen LogP contribution in [0.4, 0.5) is 0 Å². The van der Waals surface area contributed by atoms with Crippen LogP contribution in [0.5, 0.6) is 0 Å². The van der Waals surface area contributed by atoms with Crippen LogP contribution in [0.25, 0.3) is 0 Å². The van der Waals surface area contributed by atoms with Crippen LogP contribution in [0.15, 0.2) is 12.3 Å². The van der Waals surface area contributed by atoms with Gasteiger partial charge in [-0.1, -0.05) is 0 Å². The van der Waals surface area contributed by atoms with Gasteiger partial charge in [0.2, 0.25) is 0 Å². The number of hydrogen-bond acceptors (Lipinski definition) is 3. The molecule has 0 atom stereocenters. The zero-order valence-electron chi connectivity index (χ0n) is 11.5. The lowest BCUT2D eigenvalue weighted by molar-refractivity contribution is -0.139. The summed E-state index contributed by atoms with van der Waals surface area (Å²) < 4.78 is 7.39. The summed E-state index contributed by atoms with van der Waals surface area (Å²) in [6, 6.07) is 2.26. The Bertz CT molecular complexity index is 417. The molecule has 18 heavy (non-hydrogen) atoms. The van der Waals surface area contributed by atoms with Gasteiger partial charge in [-0.2, -0.15) is 5.10 Å². The van der Waals surface area contributed by atoms with Crippen molar-refractivity contribution in [3.8, 4) is 0 Å². The maximum absolute atomic E-state index is 12.4. The number of aromatic nitrogens is 2. The Morgan fingerprint density at radius 1 is 1.50 bits per heavy atom. The molecule has 0 radical (unpaired) electrons. The average Bonchev–Trinajstić information content (AvgIpc) is 2.97. The van der Waals surface area contributed by atoms with Gasteiger partial charge in [0.15, 0.2) is 5.78 Å². The molecule has 0 N–H and O–H groups in total. The Balaban J connectivity index is 2.06. The van der Waals surface area contributed by atoms with E-state index in [1.165, 1.54) is 0 Å². The van der Waals surface area contributed by atoms with Gasteiger partial charge in [-0.05, 0) is 45.6 Å². The fraction of sp³-hybridized carbons (Fsp3) is 0.714. The third-order valence-electron chi connectivity index (χ3n) is 3.84. The first kappa shape index (κ1) is 13.3. The van der Waals surface area contributed by atoms with Crippen molar-refractivity contribution < 1.29 is 9.53 Å². The van der Waals surface area contributed by atoms with E-state index < -0.39 is 5.60 Å². The minimum Gasteiger partial charge on any atom is -0.370 e. The van der Waals surface area contributed by atoms with E-state index in [0.717, 1.165) is 31.4 Å². The average molecular weight is 250 g/mol.